The molecule has 1 aliphatic rings. The Morgan fingerprint density at radius 3 is 2.87 bits per heavy atom. The van der Waals surface area contributed by atoms with Crippen molar-refractivity contribution < 1.29 is 14.2 Å². The molecule has 82 valence electrons. The lowest BCUT2D eigenvalue weighted by Gasteiger charge is -2.12. The molecule has 1 atom stereocenters. The zero-order chi connectivity index (χ0) is 10.8. The molecule has 3 nitrogen and oxygen atoms in total. The van der Waals surface area contributed by atoms with Gasteiger partial charge in [0.2, 0.25) is 12.5 Å². The second-order valence-corrected chi connectivity index (χ2v) is 3.77. The third-order valence-corrected chi connectivity index (χ3v) is 2.86. The molecule has 2 rings (SSSR count). The molecule has 0 spiro atoms. The second kappa shape index (κ2) is 4.01. The van der Waals surface area contributed by atoms with Crippen LogP contribution in [0.15, 0.2) is 12.1 Å². The smallest absolute Gasteiger partial charge is 0.231 e. The van der Waals surface area contributed by atoms with E-state index in [2.05, 4.69) is 13.8 Å². The van der Waals surface area contributed by atoms with Crippen molar-refractivity contribution in [2.24, 2.45) is 0 Å². The molecule has 0 saturated heterocycles. The first-order valence-electron chi connectivity index (χ1n) is 5.23. The van der Waals surface area contributed by atoms with Gasteiger partial charge in [-0.25, -0.2) is 0 Å². The zero-order valence-corrected chi connectivity index (χ0v) is 9.37. The van der Waals surface area contributed by atoms with Crippen LogP contribution < -0.4 is 14.2 Å². The molecule has 3 heteroatoms. The summed E-state index contributed by atoms with van der Waals surface area (Å²) in [6, 6.07) is 4.07. The summed E-state index contributed by atoms with van der Waals surface area (Å²) in [7, 11) is 1.65. The van der Waals surface area contributed by atoms with Crippen LogP contribution >= 0.6 is 0 Å². The van der Waals surface area contributed by atoms with Gasteiger partial charge in [0.05, 0.1) is 7.11 Å². The molecule has 0 saturated carbocycles. The summed E-state index contributed by atoms with van der Waals surface area (Å²) in [6.45, 7) is 4.65. The lowest BCUT2D eigenvalue weighted by atomic mass is 9.98. The predicted octanol–water partition coefficient (Wildman–Crippen LogP) is 2.94. The molecule has 1 aliphatic heterocycles. The Hall–Kier alpha value is -1.38. The third kappa shape index (κ3) is 1.74. The Bertz CT molecular complexity index is 360. The number of fused-ring (bicyclic) bond motifs is 1. The molecule has 1 heterocycles. The number of ether oxygens (including phenoxy) is 3. The number of hydrogen-bond acceptors (Lipinski definition) is 3. The number of methoxy groups -OCH3 is 1. The van der Waals surface area contributed by atoms with Crippen molar-refractivity contribution in [2.75, 3.05) is 13.9 Å². The number of benzene rings is 1. The van der Waals surface area contributed by atoms with Crippen LogP contribution in [-0.4, -0.2) is 13.9 Å². The van der Waals surface area contributed by atoms with Gasteiger partial charge in [0.25, 0.3) is 0 Å². The molecule has 0 bridgehead atoms. The Labute approximate surface area is 90.0 Å². The summed E-state index contributed by atoms with van der Waals surface area (Å²) in [5.74, 6) is 2.79. The van der Waals surface area contributed by atoms with E-state index < -0.39 is 0 Å². The minimum absolute atomic E-state index is 0.287. The average molecular weight is 208 g/mol. The van der Waals surface area contributed by atoms with Gasteiger partial charge >= 0.3 is 0 Å². The molecule has 0 fully saturated rings. The molecule has 15 heavy (non-hydrogen) atoms. The monoisotopic (exact) mass is 208 g/mol. The van der Waals surface area contributed by atoms with E-state index in [1.54, 1.807) is 7.11 Å². The van der Waals surface area contributed by atoms with E-state index in [9.17, 15) is 0 Å². The summed E-state index contributed by atoms with van der Waals surface area (Å²) in [4.78, 5) is 0. The molecule has 1 aromatic rings. The fourth-order valence-electron chi connectivity index (χ4n) is 1.67. The summed E-state index contributed by atoms with van der Waals surface area (Å²) in [5.41, 5.74) is 1.23. The quantitative estimate of drug-likeness (QED) is 0.764. The largest absolute Gasteiger partial charge is 0.493 e. The van der Waals surface area contributed by atoms with E-state index in [0.717, 1.165) is 23.7 Å². The summed E-state index contributed by atoms with van der Waals surface area (Å²) in [6.07, 6.45) is 1.10. The van der Waals surface area contributed by atoms with Gasteiger partial charge in [-0.1, -0.05) is 13.8 Å². The maximum Gasteiger partial charge on any atom is 0.231 e. The fourth-order valence-corrected chi connectivity index (χ4v) is 1.67. The maximum absolute atomic E-state index is 5.37. The first-order valence-corrected chi connectivity index (χ1v) is 5.23. The van der Waals surface area contributed by atoms with Crippen molar-refractivity contribution >= 4 is 0 Å². The van der Waals surface area contributed by atoms with E-state index >= 15 is 0 Å². The molecular weight excluding hydrogens is 192 g/mol. The molecule has 1 unspecified atom stereocenters. The van der Waals surface area contributed by atoms with Gasteiger partial charge < -0.3 is 14.2 Å². The Balaban J connectivity index is 2.43. The average Bonchev–Trinajstić information content (AvgIpc) is 2.74. The SMILES string of the molecule is CCC(C)c1cc(OC)c2c(c1)OCO2. The van der Waals surface area contributed by atoms with Crippen molar-refractivity contribution in [2.45, 2.75) is 26.2 Å². The van der Waals surface area contributed by atoms with E-state index in [1.165, 1.54) is 5.56 Å². The van der Waals surface area contributed by atoms with Crippen molar-refractivity contribution in [3.05, 3.63) is 17.7 Å². The van der Waals surface area contributed by atoms with Gasteiger partial charge in [-0.05, 0) is 30.0 Å². The molecule has 1 aromatic carbocycles. The lowest BCUT2D eigenvalue weighted by Crippen LogP contribution is -1.94. The van der Waals surface area contributed by atoms with Crippen LogP contribution in [0.3, 0.4) is 0 Å². The lowest BCUT2D eigenvalue weighted by molar-refractivity contribution is 0.171. The van der Waals surface area contributed by atoms with Crippen LogP contribution in [-0.2, 0) is 0 Å². The molecular formula is C12H16O3. The number of hydrogen-bond donors (Lipinski definition) is 0. The maximum atomic E-state index is 5.37. The van der Waals surface area contributed by atoms with Crippen molar-refractivity contribution in [3.63, 3.8) is 0 Å². The first kappa shape index (κ1) is 10.1. The van der Waals surface area contributed by atoms with Crippen LogP contribution in [0, 0.1) is 0 Å². The molecule has 0 aromatic heterocycles. The van der Waals surface area contributed by atoms with Crippen molar-refractivity contribution in [1.29, 1.82) is 0 Å². The summed E-state index contributed by atoms with van der Waals surface area (Å²) in [5, 5.41) is 0. The molecule has 0 amide bonds. The Morgan fingerprint density at radius 1 is 1.40 bits per heavy atom. The van der Waals surface area contributed by atoms with E-state index in [-0.39, 0.29) is 6.79 Å². The fraction of sp³-hybridized carbons (Fsp3) is 0.500. The number of rotatable bonds is 3. The predicted molar refractivity (Wildman–Crippen MR) is 57.8 cm³/mol. The van der Waals surface area contributed by atoms with E-state index in [4.69, 9.17) is 14.2 Å². The molecule has 0 N–H and O–H groups in total. The van der Waals surface area contributed by atoms with Gasteiger partial charge in [0, 0.05) is 0 Å². The summed E-state index contributed by atoms with van der Waals surface area (Å²) < 4.78 is 16.0. The van der Waals surface area contributed by atoms with Crippen LogP contribution in [0.1, 0.15) is 31.7 Å². The molecule has 0 aliphatic carbocycles. The molecule has 0 radical (unpaired) electrons. The first-order chi connectivity index (χ1) is 7.26. The van der Waals surface area contributed by atoms with E-state index in [0.29, 0.717) is 5.92 Å². The zero-order valence-electron chi connectivity index (χ0n) is 9.37. The normalized spacial score (nSPS) is 15.1. The minimum Gasteiger partial charge on any atom is -0.493 e. The second-order valence-electron chi connectivity index (χ2n) is 3.77. The topological polar surface area (TPSA) is 27.7 Å². The summed E-state index contributed by atoms with van der Waals surface area (Å²) >= 11 is 0. The van der Waals surface area contributed by atoms with Gasteiger partial charge in [-0.3, -0.25) is 0 Å². The van der Waals surface area contributed by atoms with Crippen LogP contribution in [0.4, 0.5) is 0 Å². The standard InChI is InChI=1S/C12H16O3/c1-4-8(2)9-5-10(13-3)12-11(6-9)14-7-15-12/h5-6,8H,4,7H2,1-3H3. The van der Waals surface area contributed by atoms with Crippen molar-refractivity contribution in [1.82, 2.24) is 0 Å². The van der Waals surface area contributed by atoms with Gasteiger partial charge in [-0.15, -0.1) is 0 Å². The highest BCUT2D eigenvalue weighted by atomic mass is 16.7. The van der Waals surface area contributed by atoms with Gasteiger partial charge in [0.1, 0.15) is 0 Å². The highest BCUT2D eigenvalue weighted by Gasteiger charge is 2.21. The van der Waals surface area contributed by atoms with Crippen LogP contribution in [0.5, 0.6) is 17.2 Å². The highest BCUT2D eigenvalue weighted by molar-refractivity contribution is 5.55. The van der Waals surface area contributed by atoms with E-state index in [1.807, 2.05) is 12.1 Å². The minimum atomic E-state index is 0.287. The van der Waals surface area contributed by atoms with Gasteiger partial charge in [-0.2, -0.15) is 0 Å². The van der Waals surface area contributed by atoms with Crippen LogP contribution in [0.25, 0.3) is 0 Å². The highest BCUT2D eigenvalue weighted by Crippen LogP contribution is 2.43. The third-order valence-electron chi connectivity index (χ3n) is 2.86. The van der Waals surface area contributed by atoms with Gasteiger partial charge in [0.15, 0.2) is 11.5 Å². The van der Waals surface area contributed by atoms with Crippen LogP contribution in [0.2, 0.25) is 0 Å². The Morgan fingerprint density at radius 2 is 2.20 bits per heavy atom. The Kier molecular flexibility index (Phi) is 2.71. The van der Waals surface area contributed by atoms with Crippen molar-refractivity contribution in [3.8, 4) is 17.2 Å².